The van der Waals surface area contributed by atoms with Crippen LogP contribution in [0, 0.1) is 0 Å². The number of alkyl halides is 2. The first kappa shape index (κ1) is 17.1. The van der Waals surface area contributed by atoms with E-state index in [2.05, 4.69) is 10.3 Å². The van der Waals surface area contributed by atoms with Crippen molar-refractivity contribution in [1.82, 2.24) is 14.9 Å². The van der Waals surface area contributed by atoms with Crippen LogP contribution in [-0.2, 0) is 0 Å². The molecule has 1 atom stereocenters. The number of rotatable bonds is 4. The van der Waals surface area contributed by atoms with Gasteiger partial charge in [0.15, 0.2) is 0 Å². The maximum absolute atomic E-state index is 13.5. The van der Waals surface area contributed by atoms with E-state index in [-0.39, 0.29) is 15.7 Å². The van der Waals surface area contributed by atoms with Crippen molar-refractivity contribution in [2.45, 2.75) is 19.5 Å². The number of nitrogens with zero attached hydrogens (tertiary/aromatic N) is 2. The van der Waals surface area contributed by atoms with Gasteiger partial charge >= 0.3 is 6.55 Å². The molecule has 0 bridgehead atoms. The highest BCUT2D eigenvalue weighted by atomic mass is 35.5. The van der Waals surface area contributed by atoms with E-state index in [9.17, 15) is 13.6 Å². The number of thiophene rings is 1. The lowest BCUT2D eigenvalue weighted by molar-refractivity contribution is 0.0688. The molecule has 1 amide bonds. The van der Waals surface area contributed by atoms with E-state index in [4.69, 9.17) is 23.2 Å². The van der Waals surface area contributed by atoms with E-state index in [1.54, 1.807) is 31.2 Å². The largest absolute Gasteiger partial charge is 0.342 e. The molecular formula is C15H11Cl2F2N3OS. The molecule has 0 aliphatic carbocycles. The third kappa shape index (κ3) is 3.11. The third-order valence-electron chi connectivity index (χ3n) is 3.45. The second kappa shape index (κ2) is 6.66. The van der Waals surface area contributed by atoms with Gasteiger partial charge in [-0.1, -0.05) is 35.3 Å². The van der Waals surface area contributed by atoms with Gasteiger partial charge < -0.3 is 5.32 Å². The number of hydrogen-bond acceptors (Lipinski definition) is 3. The average Bonchev–Trinajstić information content (AvgIpc) is 3.07. The summed E-state index contributed by atoms with van der Waals surface area (Å²) in [5.41, 5.74) is 0.948. The lowest BCUT2D eigenvalue weighted by atomic mass is 10.2. The van der Waals surface area contributed by atoms with E-state index in [0.717, 1.165) is 15.9 Å². The van der Waals surface area contributed by atoms with Crippen molar-refractivity contribution >= 4 is 51.5 Å². The van der Waals surface area contributed by atoms with Crippen LogP contribution >= 0.6 is 34.5 Å². The van der Waals surface area contributed by atoms with Gasteiger partial charge in [-0.15, -0.1) is 11.3 Å². The number of nitrogens with one attached hydrogen (secondary N) is 1. The van der Waals surface area contributed by atoms with Crippen LogP contribution in [0.15, 0.2) is 30.3 Å². The van der Waals surface area contributed by atoms with Crippen LogP contribution < -0.4 is 5.32 Å². The zero-order valence-corrected chi connectivity index (χ0v) is 14.6. The third-order valence-corrected chi connectivity index (χ3v) is 4.94. The molecular weight excluding hydrogens is 379 g/mol. The Morgan fingerprint density at radius 1 is 1.33 bits per heavy atom. The number of imidazole rings is 1. The number of hydrogen-bond donors (Lipinski definition) is 1. The highest BCUT2D eigenvalue weighted by Crippen LogP contribution is 2.32. The summed E-state index contributed by atoms with van der Waals surface area (Å²) in [6.45, 7) is -1.19. The van der Waals surface area contributed by atoms with Crippen molar-refractivity contribution in [1.29, 1.82) is 0 Å². The number of para-hydroxylation sites is 2. The van der Waals surface area contributed by atoms with Gasteiger partial charge in [0, 0.05) is 0 Å². The molecule has 0 spiro atoms. The summed E-state index contributed by atoms with van der Waals surface area (Å²) < 4.78 is 28.3. The summed E-state index contributed by atoms with van der Waals surface area (Å²) in [5.74, 6) is -0.430. The molecule has 2 heterocycles. The molecule has 3 aromatic rings. The molecule has 0 radical (unpaired) electrons. The summed E-state index contributed by atoms with van der Waals surface area (Å²) in [4.78, 5) is 16.5. The predicted molar refractivity (Wildman–Crippen MR) is 91.2 cm³/mol. The van der Waals surface area contributed by atoms with Gasteiger partial charge in [-0.3, -0.25) is 9.36 Å². The molecule has 24 heavy (non-hydrogen) atoms. The molecule has 4 nitrogen and oxygen atoms in total. The van der Waals surface area contributed by atoms with Crippen LogP contribution in [0.2, 0.25) is 8.67 Å². The molecule has 9 heteroatoms. The predicted octanol–water partition coefficient (Wildman–Crippen LogP) is 5.29. The minimum Gasteiger partial charge on any atom is -0.342 e. The molecule has 0 unspecified atom stereocenters. The molecule has 0 saturated heterocycles. The fourth-order valence-corrected chi connectivity index (χ4v) is 3.87. The Balaban J connectivity index is 1.94. The van der Waals surface area contributed by atoms with Gasteiger partial charge in [-0.25, -0.2) is 4.98 Å². The van der Waals surface area contributed by atoms with E-state index in [1.807, 2.05) is 0 Å². The second-order valence-corrected chi connectivity index (χ2v) is 7.32. The van der Waals surface area contributed by atoms with Gasteiger partial charge in [0.2, 0.25) is 0 Å². The molecule has 1 N–H and O–H groups in total. The second-order valence-electron chi connectivity index (χ2n) is 5.04. The lowest BCUT2D eigenvalue weighted by Gasteiger charge is -2.15. The zero-order valence-electron chi connectivity index (χ0n) is 12.3. The Labute approximate surface area is 150 Å². The smallest absolute Gasteiger partial charge is 0.320 e. The number of amides is 1. The van der Waals surface area contributed by atoms with Gasteiger partial charge in [0.05, 0.1) is 27.0 Å². The fourth-order valence-electron chi connectivity index (χ4n) is 2.41. The summed E-state index contributed by atoms with van der Waals surface area (Å²) >= 11 is 12.8. The maximum Gasteiger partial charge on any atom is 0.320 e. The Hall–Kier alpha value is -1.70. The van der Waals surface area contributed by atoms with Crippen LogP contribution in [0.25, 0.3) is 11.0 Å². The molecule has 0 saturated carbocycles. The minimum absolute atomic E-state index is 0.0667. The normalized spacial score (nSPS) is 12.8. The molecule has 126 valence electrons. The summed E-state index contributed by atoms with van der Waals surface area (Å²) in [6, 6.07) is 7.26. The number of carbonyl (C=O) groups excluding carboxylic acids is 1. The summed E-state index contributed by atoms with van der Waals surface area (Å²) in [6.07, 6.45) is 0. The lowest BCUT2D eigenvalue weighted by Crippen LogP contribution is -2.28. The number of halogens is 4. The Bertz CT molecular complexity index is 909. The van der Waals surface area contributed by atoms with Crippen molar-refractivity contribution in [3.63, 3.8) is 0 Å². The SMILES string of the molecule is C[C@@H](NC(=O)c1cc(Cl)sc1Cl)c1nc2ccccc2n1C(F)F. The van der Waals surface area contributed by atoms with E-state index in [0.29, 0.717) is 15.4 Å². The van der Waals surface area contributed by atoms with Crippen LogP contribution in [0.1, 0.15) is 35.7 Å². The minimum atomic E-state index is -2.77. The monoisotopic (exact) mass is 389 g/mol. The molecule has 0 fully saturated rings. The number of aromatic nitrogens is 2. The van der Waals surface area contributed by atoms with Gasteiger partial charge in [-0.05, 0) is 25.1 Å². The Morgan fingerprint density at radius 2 is 2.04 bits per heavy atom. The van der Waals surface area contributed by atoms with Crippen molar-refractivity contribution in [2.75, 3.05) is 0 Å². The molecule has 2 aromatic heterocycles. The fraction of sp³-hybridized carbons (Fsp3) is 0.200. The zero-order chi connectivity index (χ0) is 17.4. The van der Waals surface area contributed by atoms with Gasteiger partial charge in [-0.2, -0.15) is 8.78 Å². The van der Waals surface area contributed by atoms with E-state index in [1.165, 1.54) is 6.07 Å². The standard InChI is InChI=1S/C15H11Cl2F2N3OS/c1-7(20-14(23)8-6-11(16)24-12(8)17)13-21-9-4-2-3-5-10(9)22(13)15(18)19/h2-7,15H,1H3,(H,20,23)/t7-/m1/s1. The summed E-state index contributed by atoms with van der Waals surface area (Å²) in [5, 5.41) is 2.63. The van der Waals surface area contributed by atoms with Crippen molar-refractivity contribution < 1.29 is 13.6 Å². The molecule has 0 aliphatic heterocycles. The molecule has 1 aromatic carbocycles. The highest BCUT2D eigenvalue weighted by molar-refractivity contribution is 7.20. The molecule has 0 aliphatic rings. The first-order valence-corrected chi connectivity index (χ1v) is 8.46. The van der Waals surface area contributed by atoms with Crippen molar-refractivity contribution in [3.05, 3.63) is 50.4 Å². The van der Waals surface area contributed by atoms with E-state index < -0.39 is 18.5 Å². The number of benzene rings is 1. The van der Waals surface area contributed by atoms with Crippen molar-refractivity contribution in [3.8, 4) is 0 Å². The highest BCUT2D eigenvalue weighted by Gasteiger charge is 2.24. The Kier molecular flexibility index (Phi) is 4.76. The van der Waals surface area contributed by atoms with Gasteiger partial charge in [0.1, 0.15) is 10.2 Å². The number of carbonyl (C=O) groups is 1. The first-order chi connectivity index (χ1) is 11.4. The quantitative estimate of drug-likeness (QED) is 0.658. The molecule has 3 rings (SSSR count). The van der Waals surface area contributed by atoms with Gasteiger partial charge in [0.25, 0.3) is 5.91 Å². The Morgan fingerprint density at radius 3 is 2.67 bits per heavy atom. The summed E-state index contributed by atoms with van der Waals surface area (Å²) in [7, 11) is 0. The van der Waals surface area contributed by atoms with Crippen molar-refractivity contribution in [2.24, 2.45) is 0 Å². The number of fused-ring (bicyclic) bond motifs is 1. The van der Waals surface area contributed by atoms with E-state index >= 15 is 0 Å². The first-order valence-electron chi connectivity index (χ1n) is 6.89. The van der Waals surface area contributed by atoms with Crippen LogP contribution in [0.5, 0.6) is 0 Å². The topological polar surface area (TPSA) is 46.9 Å². The van der Waals surface area contributed by atoms with Crippen LogP contribution in [0.3, 0.4) is 0 Å². The van der Waals surface area contributed by atoms with Crippen LogP contribution in [0.4, 0.5) is 8.78 Å². The average molecular weight is 390 g/mol. The van der Waals surface area contributed by atoms with Crippen LogP contribution in [-0.4, -0.2) is 15.5 Å². The maximum atomic E-state index is 13.5.